The Morgan fingerprint density at radius 3 is 2.48 bits per heavy atom. The molecule has 0 radical (unpaired) electrons. The predicted molar refractivity (Wildman–Crippen MR) is 125 cm³/mol. The summed E-state index contributed by atoms with van der Waals surface area (Å²) in [6, 6.07) is 9.71. The zero-order valence-corrected chi connectivity index (χ0v) is 20.1. The van der Waals surface area contributed by atoms with Gasteiger partial charge in [0.05, 0.1) is 11.7 Å². The molecule has 0 bridgehead atoms. The summed E-state index contributed by atoms with van der Waals surface area (Å²) < 4.78 is 35.2. The molecule has 1 saturated heterocycles. The van der Waals surface area contributed by atoms with Crippen molar-refractivity contribution >= 4 is 17.5 Å². The number of benzene rings is 1. The number of fused-ring (bicyclic) bond motifs is 1. The number of pyridine rings is 1. The number of hydrogen-bond acceptors (Lipinski definition) is 5. The quantitative estimate of drug-likeness (QED) is 0.577. The molecular weight excluding hydrogens is 445 g/mol. The number of aromatic nitrogens is 1. The Morgan fingerprint density at radius 2 is 1.94 bits per heavy atom. The van der Waals surface area contributed by atoms with Crippen LogP contribution in [0.3, 0.4) is 0 Å². The molecule has 4 rings (SSSR count). The summed E-state index contributed by atoms with van der Waals surface area (Å²) in [5.74, 6) is 0.465. The van der Waals surface area contributed by atoms with Crippen molar-refractivity contribution in [3.63, 3.8) is 0 Å². The lowest BCUT2D eigenvalue weighted by atomic mass is 10.0. The maximum atomic E-state index is 13.5. The van der Waals surface area contributed by atoms with E-state index in [9.17, 15) is 18.8 Å². The fourth-order valence-electron chi connectivity index (χ4n) is 4.19. The first-order chi connectivity index (χ1) is 15.6. The van der Waals surface area contributed by atoms with Crippen molar-refractivity contribution in [1.82, 2.24) is 14.6 Å². The number of likely N-dealkylation sites (tertiary alicyclic amines) is 1. The molecule has 2 aliphatic rings. The van der Waals surface area contributed by atoms with E-state index in [1.54, 1.807) is 12.1 Å². The number of hydrogen-bond donors (Lipinski definition) is 2. The molecule has 1 aliphatic carbocycles. The highest BCUT2D eigenvalue weighted by Crippen LogP contribution is 2.48. The van der Waals surface area contributed by atoms with Gasteiger partial charge in [0.1, 0.15) is 16.7 Å². The Bertz CT molecular complexity index is 1000. The summed E-state index contributed by atoms with van der Waals surface area (Å²) >= 11 is -1.26. The number of ether oxygens (including phenoxy) is 1. The number of halogens is 1. The summed E-state index contributed by atoms with van der Waals surface area (Å²) in [6.45, 7) is 8.71. The van der Waals surface area contributed by atoms with E-state index in [-0.39, 0.29) is 29.8 Å². The topological polar surface area (TPSA) is 97.8 Å². The second-order valence-electron chi connectivity index (χ2n) is 9.69. The van der Waals surface area contributed by atoms with Crippen LogP contribution >= 0.6 is 0 Å². The lowest BCUT2D eigenvalue weighted by molar-refractivity contribution is 0.139. The first-order valence-corrected chi connectivity index (χ1v) is 12.3. The van der Waals surface area contributed by atoms with Crippen LogP contribution in [-0.4, -0.2) is 49.6 Å². The van der Waals surface area contributed by atoms with E-state index in [0.717, 1.165) is 11.1 Å². The molecule has 1 aliphatic heterocycles. The summed E-state index contributed by atoms with van der Waals surface area (Å²) in [5.41, 5.74) is 2.28. The second-order valence-corrected chi connectivity index (χ2v) is 11.7. The lowest BCUT2D eigenvalue weighted by Crippen LogP contribution is -2.41. The molecule has 2 N–H and O–H groups in total. The minimum absolute atomic E-state index is 0.0684. The number of carboxylic acid groups (broad SMARTS) is 1. The van der Waals surface area contributed by atoms with E-state index in [4.69, 9.17) is 4.74 Å². The van der Waals surface area contributed by atoms with Crippen molar-refractivity contribution in [1.29, 1.82) is 0 Å². The third kappa shape index (κ3) is 5.26. The van der Waals surface area contributed by atoms with Crippen LogP contribution in [0.25, 0.3) is 11.3 Å². The third-order valence-electron chi connectivity index (χ3n) is 6.22. The van der Waals surface area contributed by atoms with Gasteiger partial charge in [-0.2, -0.15) is 0 Å². The minimum atomic E-state index is -1.26. The van der Waals surface area contributed by atoms with Gasteiger partial charge in [0, 0.05) is 47.9 Å². The Labute approximate surface area is 196 Å². The van der Waals surface area contributed by atoms with Gasteiger partial charge in [-0.05, 0) is 63.1 Å². The maximum Gasteiger partial charge on any atom is 0.407 e. The van der Waals surface area contributed by atoms with E-state index in [1.165, 1.54) is 17.0 Å². The van der Waals surface area contributed by atoms with Crippen LogP contribution in [0.1, 0.15) is 45.7 Å². The standard InChI is InChI=1S/C24H30FN3O4S/c1-5-19(27-33(31)24(2,3)4)15-10-20(14-6-8-16(25)9-7-14)26-21(11-15)32-22-17-12-28(23(29)30)13-18(17)22/h6-11,17-19,22,27H,5,12-13H2,1-4H3,(H,29,30). The first-order valence-electron chi connectivity index (χ1n) is 11.2. The van der Waals surface area contributed by atoms with E-state index >= 15 is 0 Å². The average Bonchev–Trinajstić information content (AvgIpc) is 3.18. The van der Waals surface area contributed by atoms with Crippen LogP contribution in [0.5, 0.6) is 5.88 Å². The number of rotatable bonds is 7. The monoisotopic (exact) mass is 475 g/mol. The van der Waals surface area contributed by atoms with Crippen molar-refractivity contribution in [2.75, 3.05) is 13.1 Å². The van der Waals surface area contributed by atoms with Crippen LogP contribution in [0.2, 0.25) is 0 Å². The number of carbonyl (C=O) groups is 1. The van der Waals surface area contributed by atoms with Gasteiger partial charge in [0.15, 0.2) is 0 Å². The highest BCUT2D eigenvalue weighted by atomic mass is 32.2. The van der Waals surface area contributed by atoms with Gasteiger partial charge in [-0.1, -0.05) is 6.92 Å². The molecule has 4 unspecified atom stereocenters. The van der Waals surface area contributed by atoms with Gasteiger partial charge in [0.25, 0.3) is 0 Å². The van der Waals surface area contributed by atoms with Gasteiger partial charge in [-0.15, -0.1) is 4.72 Å². The van der Waals surface area contributed by atoms with Crippen molar-refractivity contribution in [3.05, 3.63) is 47.8 Å². The van der Waals surface area contributed by atoms with E-state index in [1.807, 2.05) is 39.8 Å². The largest absolute Gasteiger partial charge is 0.598 e. The SMILES string of the molecule is CCC(N[S+]([O-])C(C)(C)C)c1cc(OC2C3CN(C(=O)O)CC32)nc(-c2ccc(F)cc2)c1. The van der Waals surface area contributed by atoms with Crippen LogP contribution in [0.4, 0.5) is 9.18 Å². The van der Waals surface area contributed by atoms with Crippen LogP contribution in [-0.2, 0) is 11.4 Å². The predicted octanol–water partition coefficient (Wildman–Crippen LogP) is 4.38. The zero-order chi connectivity index (χ0) is 23.9. The summed E-state index contributed by atoms with van der Waals surface area (Å²) in [4.78, 5) is 17.3. The van der Waals surface area contributed by atoms with Crippen LogP contribution < -0.4 is 9.46 Å². The van der Waals surface area contributed by atoms with Crippen LogP contribution in [0.15, 0.2) is 36.4 Å². The number of nitrogens with one attached hydrogen (secondary N) is 1. The molecule has 2 aromatic rings. The molecule has 2 fully saturated rings. The van der Waals surface area contributed by atoms with Gasteiger partial charge in [-0.3, -0.25) is 0 Å². The molecule has 1 saturated carbocycles. The minimum Gasteiger partial charge on any atom is -0.598 e. The molecule has 4 atom stereocenters. The van der Waals surface area contributed by atoms with E-state index < -0.39 is 22.2 Å². The highest BCUT2D eigenvalue weighted by Gasteiger charge is 2.59. The Kier molecular flexibility index (Phi) is 6.57. The summed E-state index contributed by atoms with van der Waals surface area (Å²) in [5, 5.41) is 9.18. The Morgan fingerprint density at radius 1 is 1.30 bits per heavy atom. The fourth-order valence-corrected chi connectivity index (χ4v) is 5.11. The van der Waals surface area contributed by atoms with Gasteiger partial charge < -0.3 is 19.3 Å². The van der Waals surface area contributed by atoms with Gasteiger partial charge in [-0.25, -0.2) is 14.2 Å². The molecule has 7 nitrogen and oxygen atoms in total. The third-order valence-corrected chi connectivity index (χ3v) is 7.83. The molecule has 1 amide bonds. The van der Waals surface area contributed by atoms with Crippen molar-refractivity contribution in [2.45, 2.75) is 51.0 Å². The summed E-state index contributed by atoms with van der Waals surface area (Å²) in [6.07, 6.45) is -0.263. The Hall–Kier alpha value is -2.36. The fraction of sp³-hybridized carbons (Fsp3) is 0.500. The molecule has 9 heteroatoms. The molecular formula is C24H30FN3O4S. The molecule has 178 valence electrons. The van der Waals surface area contributed by atoms with Gasteiger partial charge in [0.2, 0.25) is 5.88 Å². The van der Waals surface area contributed by atoms with E-state index in [0.29, 0.717) is 31.1 Å². The van der Waals surface area contributed by atoms with Crippen molar-refractivity contribution in [2.24, 2.45) is 11.8 Å². The normalized spacial score (nSPS) is 23.7. The van der Waals surface area contributed by atoms with Crippen LogP contribution in [0, 0.1) is 17.7 Å². The molecule has 1 aromatic heterocycles. The van der Waals surface area contributed by atoms with E-state index in [2.05, 4.69) is 9.71 Å². The Balaban J connectivity index is 1.60. The average molecular weight is 476 g/mol. The van der Waals surface area contributed by atoms with Crippen molar-refractivity contribution < 1.29 is 23.6 Å². The van der Waals surface area contributed by atoms with Gasteiger partial charge >= 0.3 is 6.09 Å². The second kappa shape index (κ2) is 9.12. The molecule has 0 spiro atoms. The molecule has 1 aromatic carbocycles. The number of nitrogens with zero attached hydrogens (tertiary/aromatic N) is 2. The zero-order valence-electron chi connectivity index (χ0n) is 19.2. The lowest BCUT2D eigenvalue weighted by Gasteiger charge is -2.28. The number of piperidine rings is 1. The molecule has 2 heterocycles. The van der Waals surface area contributed by atoms with Crippen molar-refractivity contribution in [3.8, 4) is 17.1 Å². The molecule has 33 heavy (non-hydrogen) atoms. The maximum absolute atomic E-state index is 13.5. The number of amides is 1. The highest BCUT2D eigenvalue weighted by molar-refractivity contribution is 7.90. The smallest absolute Gasteiger partial charge is 0.407 e. The summed E-state index contributed by atoms with van der Waals surface area (Å²) in [7, 11) is 0. The first kappa shape index (κ1) is 23.8.